The normalized spacial score (nSPS) is 11.8. The number of aromatic nitrogens is 4. The van der Waals surface area contributed by atoms with Crippen molar-refractivity contribution in [3.05, 3.63) is 229 Å². The van der Waals surface area contributed by atoms with Gasteiger partial charge >= 0.3 is 0 Å². The van der Waals surface area contributed by atoms with Crippen LogP contribution in [0.1, 0.15) is 16.7 Å². The molecule has 4 aromatic heterocycles. The van der Waals surface area contributed by atoms with Gasteiger partial charge in [-0.2, -0.15) is 10.5 Å². The molecule has 0 spiro atoms. The summed E-state index contributed by atoms with van der Waals surface area (Å²) in [5.74, 6) is 0. The van der Waals surface area contributed by atoms with E-state index in [9.17, 15) is 10.5 Å². The molecule has 0 amide bonds. The molecular weight excluding hydrogens is 841 g/mol. The minimum Gasteiger partial charge on any atom is -0.309 e. The van der Waals surface area contributed by atoms with Crippen LogP contribution in [0.3, 0.4) is 0 Å². The molecule has 0 fully saturated rings. The average Bonchev–Trinajstić information content (AvgIpc) is 4.13. The number of rotatable bonds is 5. The predicted octanol–water partition coefficient (Wildman–Crippen LogP) is 15.8. The molecule has 14 rings (SSSR count). The van der Waals surface area contributed by atoms with Crippen LogP contribution >= 0.6 is 0 Å². The summed E-state index contributed by atoms with van der Waals surface area (Å²) in [5, 5.41) is 33.0. The van der Waals surface area contributed by atoms with Crippen LogP contribution in [-0.4, -0.2) is 18.3 Å². The number of aryl methyl sites for hydroxylation is 1. The summed E-state index contributed by atoms with van der Waals surface area (Å²) < 4.78 is 9.07. The zero-order valence-electron chi connectivity index (χ0n) is 37.4. The molecule has 0 aliphatic rings. The van der Waals surface area contributed by atoms with Gasteiger partial charge in [-0.1, -0.05) is 157 Å². The first-order chi connectivity index (χ1) is 34.1. The second-order valence-electron chi connectivity index (χ2n) is 17.9. The number of nitriles is 2. The molecule has 4 heterocycles. The summed E-state index contributed by atoms with van der Waals surface area (Å²) in [6, 6.07) is 80.0. The van der Waals surface area contributed by atoms with Crippen LogP contribution in [0.15, 0.2) is 212 Å². The Morgan fingerprint density at radius 1 is 0.304 bits per heavy atom. The summed E-state index contributed by atoms with van der Waals surface area (Å²) >= 11 is 0. The van der Waals surface area contributed by atoms with Gasteiger partial charge in [-0.3, -0.25) is 0 Å². The Balaban J connectivity index is 1.21. The van der Waals surface area contributed by atoms with E-state index in [1.54, 1.807) is 0 Å². The van der Waals surface area contributed by atoms with Crippen molar-refractivity contribution in [2.45, 2.75) is 6.92 Å². The molecule has 320 valence electrons. The highest BCUT2D eigenvalue weighted by molar-refractivity contribution is 6.16. The van der Waals surface area contributed by atoms with Gasteiger partial charge in [0.1, 0.15) is 23.3 Å². The monoisotopic (exact) mass is 878 g/mol. The van der Waals surface area contributed by atoms with E-state index in [1.807, 2.05) is 6.07 Å². The van der Waals surface area contributed by atoms with Crippen LogP contribution in [0.5, 0.6) is 0 Å². The second-order valence-corrected chi connectivity index (χ2v) is 17.9. The predicted molar refractivity (Wildman–Crippen MR) is 283 cm³/mol. The SMILES string of the molecule is Cc1ccc(-c2c(-n3c4ccccc4c4ccccc43)c(C#N)c(-n3c4ccccc4c4cc(-n5c6ccccc6c6ccccc65)ccc43)c(C#N)c2-n2c3ccccc3c3ccccc32)cc1. The van der Waals surface area contributed by atoms with E-state index in [2.05, 4.69) is 244 Å². The Bertz CT molecular complexity index is 4260. The third kappa shape index (κ3) is 5.34. The quantitative estimate of drug-likeness (QED) is 0.173. The average molecular weight is 879 g/mol. The number of hydrogen-bond acceptors (Lipinski definition) is 2. The fourth-order valence-corrected chi connectivity index (χ4v) is 11.5. The van der Waals surface area contributed by atoms with Crippen LogP contribution in [0, 0.1) is 29.6 Å². The number of nitrogens with zero attached hydrogens (tertiary/aromatic N) is 6. The largest absolute Gasteiger partial charge is 0.309 e. The fraction of sp³-hybridized carbons (Fsp3) is 0.0159. The van der Waals surface area contributed by atoms with Gasteiger partial charge in [-0.15, -0.1) is 0 Å². The highest BCUT2D eigenvalue weighted by Crippen LogP contribution is 2.49. The first kappa shape index (κ1) is 38.6. The van der Waals surface area contributed by atoms with E-state index >= 15 is 0 Å². The van der Waals surface area contributed by atoms with E-state index < -0.39 is 0 Å². The number of hydrogen-bond donors (Lipinski definition) is 0. The van der Waals surface area contributed by atoms with E-state index in [0.29, 0.717) is 28.2 Å². The summed E-state index contributed by atoms with van der Waals surface area (Å²) in [6.45, 7) is 2.09. The topological polar surface area (TPSA) is 67.3 Å². The zero-order valence-corrected chi connectivity index (χ0v) is 37.4. The van der Waals surface area contributed by atoms with Gasteiger partial charge in [-0.25, -0.2) is 0 Å². The molecular formula is C63H38N6. The lowest BCUT2D eigenvalue weighted by Gasteiger charge is -2.26. The zero-order chi connectivity index (χ0) is 45.9. The van der Waals surface area contributed by atoms with Crippen LogP contribution in [-0.2, 0) is 0 Å². The summed E-state index contributed by atoms with van der Waals surface area (Å²) in [4.78, 5) is 0. The Labute approximate surface area is 396 Å². The maximum atomic E-state index is 12.2. The third-order valence-electron chi connectivity index (χ3n) is 14.3. The lowest BCUT2D eigenvalue weighted by Crippen LogP contribution is -2.14. The highest BCUT2D eigenvalue weighted by atomic mass is 15.1. The molecule has 69 heavy (non-hydrogen) atoms. The molecule has 10 aromatic carbocycles. The molecule has 0 N–H and O–H groups in total. The van der Waals surface area contributed by atoms with E-state index in [1.165, 1.54) is 10.8 Å². The van der Waals surface area contributed by atoms with Gasteiger partial charge in [-0.05, 0) is 73.2 Å². The number of benzene rings is 10. The van der Waals surface area contributed by atoms with Crippen LogP contribution in [0.2, 0.25) is 0 Å². The summed E-state index contributed by atoms with van der Waals surface area (Å²) in [6.07, 6.45) is 0. The van der Waals surface area contributed by atoms with E-state index in [-0.39, 0.29) is 0 Å². The first-order valence-electron chi connectivity index (χ1n) is 23.2. The Hall–Kier alpha value is -9.62. The minimum atomic E-state index is 0.396. The summed E-state index contributed by atoms with van der Waals surface area (Å²) in [7, 11) is 0. The lowest BCUT2D eigenvalue weighted by molar-refractivity contribution is 1.08. The van der Waals surface area contributed by atoms with Crippen molar-refractivity contribution in [2.24, 2.45) is 0 Å². The molecule has 6 heteroatoms. The maximum absolute atomic E-state index is 12.2. The molecule has 6 nitrogen and oxygen atoms in total. The lowest BCUT2D eigenvalue weighted by atomic mass is 9.91. The maximum Gasteiger partial charge on any atom is 0.104 e. The standard InChI is InChI=1S/C63H38N6/c1-39-30-32-40(33-31-39)60-62(68-54-25-11-4-18-44(54)45-19-5-12-26-55(45)68)50(37-64)61(51(38-65)63(60)69-56-27-13-6-20-46(56)47-21-7-14-28-57(47)69)67-58-29-15-8-22-48(58)49-36-41(34-35-59(49)67)66-52-23-9-2-16-42(52)43-17-3-10-24-53(43)66/h2-36H,1H3. The first-order valence-corrected chi connectivity index (χ1v) is 23.2. The van der Waals surface area contributed by atoms with Gasteiger partial charge in [0.2, 0.25) is 0 Å². The Morgan fingerprint density at radius 2 is 0.609 bits per heavy atom. The van der Waals surface area contributed by atoms with Gasteiger partial charge in [0.05, 0.1) is 61.2 Å². The molecule has 0 saturated carbocycles. The molecule has 0 saturated heterocycles. The molecule has 0 radical (unpaired) electrons. The van der Waals surface area contributed by atoms with Gasteiger partial charge in [0.15, 0.2) is 0 Å². The Kier molecular flexibility index (Phi) is 8.23. The van der Waals surface area contributed by atoms with Crippen molar-refractivity contribution >= 4 is 87.2 Å². The van der Waals surface area contributed by atoms with Crippen molar-refractivity contribution in [3.63, 3.8) is 0 Å². The van der Waals surface area contributed by atoms with E-state index in [4.69, 9.17) is 0 Å². The van der Waals surface area contributed by atoms with Crippen LogP contribution in [0.4, 0.5) is 0 Å². The number of fused-ring (bicyclic) bond motifs is 12. The smallest absolute Gasteiger partial charge is 0.104 e. The molecule has 0 bridgehead atoms. The fourth-order valence-electron chi connectivity index (χ4n) is 11.5. The van der Waals surface area contributed by atoms with Crippen LogP contribution < -0.4 is 0 Å². The summed E-state index contributed by atoms with van der Waals surface area (Å²) in [5.41, 5.74) is 14.4. The molecule has 0 atom stereocenters. The van der Waals surface area contributed by atoms with Crippen molar-refractivity contribution in [1.29, 1.82) is 10.5 Å². The van der Waals surface area contributed by atoms with Gasteiger partial charge in [0, 0.05) is 54.3 Å². The van der Waals surface area contributed by atoms with Gasteiger partial charge < -0.3 is 18.3 Å². The molecule has 0 aliphatic carbocycles. The van der Waals surface area contributed by atoms with Crippen molar-refractivity contribution in [2.75, 3.05) is 0 Å². The second kappa shape index (κ2) is 14.7. The molecule has 0 aliphatic heterocycles. The Morgan fingerprint density at radius 3 is 0.971 bits per heavy atom. The van der Waals surface area contributed by atoms with Crippen molar-refractivity contribution in [1.82, 2.24) is 18.3 Å². The van der Waals surface area contributed by atoms with E-state index in [0.717, 1.165) is 98.8 Å². The molecule has 0 unspecified atom stereocenters. The molecule has 14 aromatic rings. The third-order valence-corrected chi connectivity index (χ3v) is 14.3. The van der Waals surface area contributed by atoms with Crippen molar-refractivity contribution in [3.8, 4) is 46.0 Å². The van der Waals surface area contributed by atoms with Crippen LogP contribution in [0.25, 0.3) is 121 Å². The van der Waals surface area contributed by atoms with Gasteiger partial charge in [0.25, 0.3) is 0 Å². The number of para-hydroxylation sites is 7. The highest BCUT2D eigenvalue weighted by Gasteiger charge is 2.33. The van der Waals surface area contributed by atoms with Crippen molar-refractivity contribution < 1.29 is 0 Å². The minimum absolute atomic E-state index is 0.396.